The zero-order valence-corrected chi connectivity index (χ0v) is 10.9. The van der Waals surface area contributed by atoms with Crippen molar-refractivity contribution >= 4 is 5.91 Å². The Bertz CT molecular complexity index is 391. The minimum atomic E-state index is 0.179. The number of carbonyl (C=O) groups is 1. The first kappa shape index (κ1) is 13.0. The minimum Gasteiger partial charge on any atom is -0.342 e. The zero-order chi connectivity index (χ0) is 13.0. The molecule has 1 fully saturated rings. The van der Waals surface area contributed by atoms with Gasteiger partial charge in [-0.2, -0.15) is 0 Å². The van der Waals surface area contributed by atoms with Crippen molar-refractivity contribution in [1.29, 1.82) is 0 Å². The Morgan fingerprint density at radius 1 is 1.61 bits per heavy atom. The van der Waals surface area contributed by atoms with Gasteiger partial charge >= 0.3 is 0 Å². The molecule has 0 radical (unpaired) electrons. The molecule has 98 valence electrons. The zero-order valence-electron chi connectivity index (χ0n) is 10.9. The fourth-order valence-electron chi connectivity index (χ4n) is 2.38. The Kier molecular flexibility index (Phi) is 4.31. The molecule has 4 nitrogen and oxygen atoms in total. The van der Waals surface area contributed by atoms with Gasteiger partial charge in [0.2, 0.25) is 5.91 Å². The molecule has 2 rings (SSSR count). The van der Waals surface area contributed by atoms with Crippen LogP contribution in [0.2, 0.25) is 0 Å². The molecule has 4 heteroatoms. The summed E-state index contributed by atoms with van der Waals surface area (Å²) >= 11 is 0. The van der Waals surface area contributed by atoms with Gasteiger partial charge in [0.25, 0.3) is 0 Å². The number of aromatic nitrogens is 1. The van der Waals surface area contributed by atoms with Gasteiger partial charge < -0.3 is 10.6 Å². The lowest BCUT2D eigenvalue weighted by Gasteiger charge is -2.18. The monoisotopic (exact) mass is 247 g/mol. The van der Waals surface area contributed by atoms with Crippen LogP contribution >= 0.6 is 0 Å². The van der Waals surface area contributed by atoms with Crippen molar-refractivity contribution in [3.05, 3.63) is 30.1 Å². The topological polar surface area (TPSA) is 59.2 Å². The van der Waals surface area contributed by atoms with Gasteiger partial charge in [-0.1, -0.05) is 6.07 Å². The van der Waals surface area contributed by atoms with Gasteiger partial charge in [-0.15, -0.1) is 0 Å². The smallest absolute Gasteiger partial charge is 0.222 e. The van der Waals surface area contributed by atoms with Gasteiger partial charge in [-0.3, -0.25) is 9.78 Å². The van der Waals surface area contributed by atoms with Crippen LogP contribution in [0.15, 0.2) is 24.4 Å². The molecule has 0 saturated carbocycles. The average Bonchev–Trinajstić information content (AvgIpc) is 2.87. The number of nitrogens with zero attached hydrogens (tertiary/aromatic N) is 2. The number of pyridine rings is 1. The first-order valence-electron chi connectivity index (χ1n) is 6.60. The average molecular weight is 247 g/mol. The Labute approximate surface area is 108 Å². The van der Waals surface area contributed by atoms with E-state index in [1.165, 1.54) is 0 Å². The maximum atomic E-state index is 12.0. The summed E-state index contributed by atoms with van der Waals surface area (Å²) < 4.78 is 0. The van der Waals surface area contributed by atoms with Crippen molar-refractivity contribution in [1.82, 2.24) is 9.88 Å². The van der Waals surface area contributed by atoms with E-state index in [9.17, 15) is 4.79 Å². The molecule has 18 heavy (non-hydrogen) atoms. The lowest BCUT2D eigenvalue weighted by Crippen LogP contribution is -2.33. The summed E-state index contributed by atoms with van der Waals surface area (Å²) in [5, 5.41) is 0. The van der Waals surface area contributed by atoms with Crippen LogP contribution in [0.1, 0.15) is 25.5 Å². The highest BCUT2D eigenvalue weighted by atomic mass is 16.2. The van der Waals surface area contributed by atoms with Gasteiger partial charge in [0.1, 0.15) is 0 Å². The van der Waals surface area contributed by atoms with E-state index in [1.54, 1.807) is 6.20 Å². The lowest BCUT2D eigenvalue weighted by atomic mass is 10.0. The van der Waals surface area contributed by atoms with Crippen molar-refractivity contribution in [3.63, 3.8) is 0 Å². The molecular weight excluding hydrogens is 226 g/mol. The molecule has 0 bridgehead atoms. The molecule has 1 aliphatic rings. The van der Waals surface area contributed by atoms with E-state index < -0.39 is 0 Å². The number of amides is 1. The second kappa shape index (κ2) is 5.96. The molecule has 2 heterocycles. The van der Waals surface area contributed by atoms with Crippen LogP contribution in [0.5, 0.6) is 0 Å². The minimum absolute atomic E-state index is 0.179. The summed E-state index contributed by atoms with van der Waals surface area (Å²) in [7, 11) is 0. The summed E-state index contributed by atoms with van der Waals surface area (Å²) in [6.45, 7) is 3.69. The summed E-state index contributed by atoms with van der Waals surface area (Å²) in [4.78, 5) is 18.2. The van der Waals surface area contributed by atoms with E-state index in [0.717, 1.165) is 31.6 Å². The van der Waals surface area contributed by atoms with E-state index in [2.05, 4.69) is 4.98 Å². The van der Waals surface area contributed by atoms with Crippen molar-refractivity contribution in [2.75, 3.05) is 13.1 Å². The van der Waals surface area contributed by atoms with E-state index in [0.29, 0.717) is 12.3 Å². The number of hydrogen-bond donors (Lipinski definition) is 1. The Morgan fingerprint density at radius 2 is 2.44 bits per heavy atom. The van der Waals surface area contributed by atoms with Crippen molar-refractivity contribution in [2.24, 2.45) is 11.7 Å². The molecule has 0 spiro atoms. The first-order valence-corrected chi connectivity index (χ1v) is 6.60. The van der Waals surface area contributed by atoms with Crippen LogP contribution in [0.3, 0.4) is 0 Å². The van der Waals surface area contributed by atoms with E-state index in [1.807, 2.05) is 30.0 Å². The Hall–Kier alpha value is -1.42. The normalized spacial score (nSPS) is 21.0. The van der Waals surface area contributed by atoms with Crippen LogP contribution in [-0.2, 0) is 11.2 Å². The second-order valence-corrected chi connectivity index (χ2v) is 5.07. The van der Waals surface area contributed by atoms with Crippen LogP contribution in [0.4, 0.5) is 0 Å². The molecular formula is C14H21N3O. The quantitative estimate of drug-likeness (QED) is 0.870. The van der Waals surface area contributed by atoms with E-state index >= 15 is 0 Å². The van der Waals surface area contributed by atoms with Crippen molar-refractivity contribution < 1.29 is 4.79 Å². The molecule has 1 aliphatic heterocycles. The maximum Gasteiger partial charge on any atom is 0.222 e. The molecule has 1 amide bonds. The maximum absolute atomic E-state index is 12.0. The number of likely N-dealkylation sites (tertiary alicyclic amines) is 1. The highest BCUT2D eigenvalue weighted by Gasteiger charge is 2.27. The standard InChI is InChI=1S/C14H21N3O/c1-11(15)12-7-9-17(10-12)14(18)6-5-13-4-2-3-8-16-13/h2-4,8,11-12H,5-7,9-10,15H2,1H3. The third-order valence-electron chi connectivity index (χ3n) is 3.64. The van der Waals surface area contributed by atoms with Gasteiger partial charge in [0, 0.05) is 37.4 Å². The van der Waals surface area contributed by atoms with E-state index in [-0.39, 0.29) is 11.9 Å². The Balaban J connectivity index is 1.79. The molecule has 0 aliphatic carbocycles. The SMILES string of the molecule is CC(N)C1CCN(C(=O)CCc2ccccn2)C1. The molecule has 1 saturated heterocycles. The summed E-state index contributed by atoms with van der Waals surface area (Å²) in [5.74, 6) is 0.688. The predicted molar refractivity (Wildman–Crippen MR) is 70.9 cm³/mol. The van der Waals surface area contributed by atoms with Crippen LogP contribution in [0, 0.1) is 5.92 Å². The number of aryl methyl sites for hydroxylation is 1. The third kappa shape index (κ3) is 3.29. The predicted octanol–water partition coefficient (Wildman–Crippen LogP) is 1.21. The van der Waals surface area contributed by atoms with Crippen LogP contribution in [-0.4, -0.2) is 34.9 Å². The highest BCUT2D eigenvalue weighted by molar-refractivity contribution is 5.76. The number of rotatable bonds is 4. The fraction of sp³-hybridized carbons (Fsp3) is 0.571. The van der Waals surface area contributed by atoms with Crippen molar-refractivity contribution in [2.45, 2.75) is 32.2 Å². The number of nitrogens with two attached hydrogens (primary N) is 1. The lowest BCUT2D eigenvalue weighted by molar-refractivity contribution is -0.130. The largest absolute Gasteiger partial charge is 0.342 e. The third-order valence-corrected chi connectivity index (χ3v) is 3.64. The Morgan fingerprint density at radius 3 is 3.06 bits per heavy atom. The van der Waals surface area contributed by atoms with Gasteiger partial charge in [0.15, 0.2) is 0 Å². The second-order valence-electron chi connectivity index (χ2n) is 5.07. The van der Waals surface area contributed by atoms with Gasteiger partial charge in [-0.25, -0.2) is 0 Å². The molecule has 1 aromatic heterocycles. The number of hydrogen-bond acceptors (Lipinski definition) is 3. The van der Waals surface area contributed by atoms with Crippen LogP contribution < -0.4 is 5.73 Å². The molecule has 0 aromatic carbocycles. The number of carbonyl (C=O) groups excluding carboxylic acids is 1. The molecule has 2 unspecified atom stereocenters. The highest BCUT2D eigenvalue weighted by Crippen LogP contribution is 2.19. The molecule has 2 N–H and O–H groups in total. The van der Waals surface area contributed by atoms with Crippen LogP contribution in [0.25, 0.3) is 0 Å². The molecule has 1 aromatic rings. The van der Waals surface area contributed by atoms with E-state index in [4.69, 9.17) is 5.73 Å². The van der Waals surface area contributed by atoms with Gasteiger partial charge in [0.05, 0.1) is 0 Å². The summed E-state index contributed by atoms with van der Waals surface area (Å²) in [6, 6.07) is 5.98. The van der Waals surface area contributed by atoms with Crippen molar-refractivity contribution in [3.8, 4) is 0 Å². The van der Waals surface area contributed by atoms with Gasteiger partial charge in [-0.05, 0) is 37.8 Å². The molecule has 2 atom stereocenters. The fourth-order valence-corrected chi connectivity index (χ4v) is 2.38. The summed E-state index contributed by atoms with van der Waals surface area (Å²) in [5.41, 5.74) is 6.86. The summed E-state index contributed by atoms with van der Waals surface area (Å²) in [6.07, 6.45) is 4.07. The first-order chi connectivity index (χ1) is 8.66.